The average molecular weight is 603 g/mol. The van der Waals surface area contributed by atoms with Gasteiger partial charge in [0.1, 0.15) is 0 Å². The van der Waals surface area contributed by atoms with Crippen LogP contribution in [-0.2, 0) is 15.5 Å². The predicted molar refractivity (Wildman–Crippen MR) is 127 cm³/mol. The Balaban J connectivity index is 1.90. The Hall–Kier alpha value is -3.42. The summed E-state index contributed by atoms with van der Waals surface area (Å²) in [7, 11) is 1.27. The van der Waals surface area contributed by atoms with Crippen LogP contribution in [0.1, 0.15) is 22.3 Å². The second-order valence-corrected chi connectivity index (χ2v) is 9.12. The number of hydrazine groups is 1. The number of nitrogens with zero attached hydrogens (tertiary/aromatic N) is 3. The topological polar surface area (TPSA) is 140 Å². The molecule has 0 aliphatic carbocycles. The summed E-state index contributed by atoms with van der Waals surface area (Å²) >= 11 is 0.829. The number of benzene rings is 1. The summed E-state index contributed by atoms with van der Waals surface area (Å²) in [5.41, 5.74) is 0.439. The van der Waals surface area contributed by atoms with Crippen LogP contribution in [0, 0.1) is 5.82 Å². The fourth-order valence-electron chi connectivity index (χ4n) is 3.36. The van der Waals surface area contributed by atoms with E-state index in [0.717, 1.165) is 11.8 Å². The molecule has 40 heavy (non-hydrogen) atoms. The van der Waals surface area contributed by atoms with Crippen molar-refractivity contribution in [2.45, 2.75) is 35.4 Å². The van der Waals surface area contributed by atoms with E-state index in [9.17, 15) is 39.9 Å². The Morgan fingerprint density at radius 2 is 1.93 bits per heavy atom. The van der Waals surface area contributed by atoms with E-state index in [2.05, 4.69) is 15.6 Å². The minimum atomic E-state index is -6.63. The smallest absolute Gasteiger partial charge is 0.379 e. The van der Waals surface area contributed by atoms with Crippen molar-refractivity contribution < 1.29 is 49.5 Å². The normalized spacial score (nSPS) is 16.6. The fourth-order valence-corrected chi connectivity index (χ4v) is 4.26. The maximum absolute atomic E-state index is 14.5. The van der Waals surface area contributed by atoms with Crippen LogP contribution < -0.4 is 22.5 Å². The van der Waals surface area contributed by atoms with Gasteiger partial charge in [0.05, 0.1) is 31.0 Å². The summed E-state index contributed by atoms with van der Waals surface area (Å²) in [5.74, 6) is -4.75. The van der Waals surface area contributed by atoms with Crippen LogP contribution in [0.5, 0.6) is 0 Å². The van der Waals surface area contributed by atoms with Gasteiger partial charge in [0, 0.05) is 23.3 Å². The number of halogens is 8. The van der Waals surface area contributed by atoms with Gasteiger partial charge in [0.25, 0.3) is 5.91 Å². The molecule has 19 heteroatoms. The molecule has 0 saturated carbocycles. The molecule has 3 rings (SSSR count). The Morgan fingerprint density at radius 1 is 1.23 bits per heavy atom. The number of rotatable bonds is 8. The van der Waals surface area contributed by atoms with Crippen LogP contribution in [0.15, 0.2) is 40.5 Å². The lowest BCUT2D eigenvalue weighted by atomic mass is 10.0. The zero-order valence-corrected chi connectivity index (χ0v) is 21.1. The second kappa shape index (κ2) is 12.0. The highest BCUT2D eigenvalue weighted by Crippen LogP contribution is 2.51. The number of hydrogen-bond acceptors (Lipinski definition) is 9. The maximum Gasteiger partial charge on any atom is 0.460 e. The van der Waals surface area contributed by atoms with E-state index < -0.39 is 41.1 Å². The van der Waals surface area contributed by atoms with Crippen molar-refractivity contribution in [3.05, 3.63) is 47.4 Å². The zero-order chi connectivity index (χ0) is 29.9. The average Bonchev–Trinajstić information content (AvgIpc) is 3.43. The van der Waals surface area contributed by atoms with E-state index in [0.29, 0.717) is 13.0 Å². The quantitative estimate of drug-likeness (QED) is 0.0880. The second-order valence-electron chi connectivity index (χ2n) is 8.11. The molecular weight excluding hydrogens is 582 g/mol. The monoisotopic (exact) mass is 603 g/mol. The van der Waals surface area contributed by atoms with Crippen LogP contribution in [0.3, 0.4) is 0 Å². The fraction of sp³-hybridized carbons (Fsp3) is 0.381. The van der Waals surface area contributed by atoms with Gasteiger partial charge < -0.3 is 15.9 Å². The molecule has 0 radical (unpaired) electrons. The van der Waals surface area contributed by atoms with Crippen molar-refractivity contribution in [1.29, 1.82) is 0 Å². The molecule has 1 saturated heterocycles. The number of amides is 1. The summed E-state index contributed by atoms with van der Waals surface area (Å²) in [6.45, 7) is 0.734. The molecule has 2 heterocycles. The highest BCUT2D eigenvalue weighted by atomic mass is 32.2. The van der Waals surface area contributed by atoms with Gasteiger partial charge in [-0.1, -0.05) is 0 Å². The lowest BCUT2D eigenvalue weighted by Gasteiger charge is -2.28. The molecular formula is C21H21F8N7O3S. The number of anilines is 2. The molecule has 1 atom stereocenters. The van der Waals surface area contributed by atoms with E-state index in [1.54, 1.807) is 0 Å². The number of hydrogen-bond donors (Lipinski definition) is 4. The first-order valence-corrected chi connectivity index (χ1v) is 11.8. The molecule has 0 bridgehead atoms. The highest BCUT2D eigenvalue weighted by molar-refractivity contribution is 8.13. The third-order valence-electron chi connectivity index (χ3n) is 5.46. The molecule has 1 amide bonds. The standard InChI is InChI=1S/C21H21F8N7O3S/c1-38-35-11-2-3-15(40-18(34-30)36(31)12-4-5-39-9-12)13(7-11)17(37)33-16-14(22)6-10(8-32-16)19(23,24)20(25,26)21(27,28)29/h2-3,6-8,12,35H,4-5,9,30-31H2,1H3,(H,32,33,37)/b34-18+. The molecule has 1 aromatic carbocycles. The molecule has 220 valence electrons. The molecule has 1 aromatic heterocycles. The van der Waals surface area contributed by atoms with Crippen molar-refractivity contribution in [3.8, 4) is 0 Å². The predicted octanol–water partition coefficient (Wildman–Crippen LogP) is 4.02. The van der Waals surface area contributed by atoms with Gasteiger partial charge in [-0.05, 0) is 42.4 Å². The number of aromatic nitrogens is 1. The van der Waals surface area contributed by atoms with Crippen molar-refractivity contribution in [2.24, 2.45) is 16.8 Å². The molecule has 1 fully saturated rings. The summed E-state index contributed by atoms with van der Waals surface area (Å²) in [5, 5.41) is 6.87. The molecule has 1 aliphatic heterocycles. The molecule has 6 N–H and O–H groups in total. The minimum absolute atomic E-state index is 0.0542. The maximum atomic E-state index is 14.5. The Labute approximate surface area is 225 Å². The van der Waals surface area contributed by atoms with Crippen molar-refractivity contribution in [2.75, 3.05) is 31.1 Å². The van der Waals surface area contributed by atoms with Gasteiger partial charge in [-0.25, -0.2) is 15.2 Å². The van der Waals surface area contributed by atoms with Crippen molar-refractivity contribution >= 4 is 34.3 Å². The number of carbonyl (C=O) groups excluding carboxylic acids is 1. The van der Waals surface area contributed by atoms with E-state index in [1.807, 2.05) is 5.32 Å². The molecule has 1 aliphatic rings. The number of ether oxygens (including phenoxy) is 1. The van der Waals surface area contributed by atoms with Crippen LogP contribution in [0.25, 0.3) is 0 Å². The number of nitrogens with one attached hydrogen (secondary N) is 2. The lowest BCUT2D eigenvalue weighted by molar-refractivity contribution is -0.359. The van der Waals surface area contributed by atoms with Gasteiger partial charge in [-0.15, -0.1) is 0 Å². The number of pyridine rings is 1. The number of amidine groups is 1. The molecule has 10 nitrogen and oxygen atoms in total. The van der Waals surface area contributed by atoms with E-state index in [4.69, 9.17) is 21.3 Å². The van der Waals surface area contributed by atoms with E-state index in [1.165, 1.54) is 30.3 Å². The van der Waals surface area contributed by atoms with Crippen molar-refractivity contribution in [1.82, 2.24) is 9.99 Å². The Morgan fingerprint density at radius 3 is 2.48 bits per heavy atom. The minimum Gasteiger partial charge on any atom is -0.379 e. The summed E-state index contributed by atoms with van der Waals surface area (Å²) in [6.07, 6.45) is -6.17. The first-order valence-electron chi connectivity index (χ1n) is 10.9. The first-order chi connectivity index (χ1) is 18.6. The zero-order valence-electron chi connectivity index (χ0n) is 20.2. The Kier molecular flexibility index (Phi) is 9.32. The van der Waals surface area contributed by atoms with Crippen LogP contribution in [0.4, 0.5) is 46.6 Å². The van der Waals surface area contributed by atoms with Gasteiger partial charge >= 0.3 is 18.0 Å². The molecule has 2 aromatic rings. The Bertz CT molecular complexity index is 1260. The van der Waals surface area contributed by atoms with Gasteiger partial charge in [0.15, 0.2) is 11.6 Å². The van der Waals surface area contributed by atoms with E-state index >= 15 is 0 Å². The summed E-state index contributed by atoms with van der Waals surface area (Å²) < 4.78 is 112. The number of thioether (sulfide) groups is 1. The van der Waals surface area contributed by atoms with Gasteiger partial charge in [-0.3, -0.25) is 20.1 Å². The van der Waals surface area contributed by atoms with E-state index in [-0.39, 0.29) is 46.2 Å². The lowest BCUT2D eigenvalue weighted by Crippen LogP contribution is -2.50. The number of hydrazone groups is 1. The third kappa shape index (κ3) is 6.31. The van der Waals surface area contributed by atoms with Gasteiger partial charge in [-0.2, -0.15) is 35.8 Å². The van der Waals surface area contributed by atoms with Crippen LogP contribution in [-0.4, -0.2) is 59.5 Å². The van der Waals surface area contributed by atoms with Gasteiger partial charge in [0.2, 0.25) is 5.17 Å². The number of nitrogens with two attached hydrogens (primary N) is 2. The number of carbonyl (C=O) groups is 1. The highest BCUT2D eigenvalue weighted by Gasteiger charge is 2.73. The molecule has 1 unspecified atom stereocenters. The van der Waals surface area contributed by atoms with Crippen LogP contribution in [0.2, 0.25) is 0 Å². The van der Waals surface area contributed by atoms with Crippen molar-refractivity contribution in [3.63, 3.8) is 0 Å². The molecule has 0 spiro atoms. The SMILES string of the molecule is CONc1ccc(S/C(=N/N)N(N)C2CCOC2)c(C(=O)Nc2ncc(C(F)(F)C(F)(F)C(F)(F)F)cc2F)c1. The van der Waals surface area contributed by atoms with Crippen LogP contribution >= 0.6 is 11.8 Å². The number of alkyl halides is 7. The summed E-state index contributed by atoms with van der Waals surface area (Å²) in [6, 6.07) is 3.57. The third-order valence-corrected chi connectivity index (χ3v) is 6.54. The first kappa shape index (κ1) is 31.1. The largest absolute Gasteiger partial charge is 0.460 e. The summed E-state index contributed by atoms with van der Waals surface area (Å²) in [4.78, 5) is 21.1.